The van der Waals surface area contributed by atoms with Crippen molar-refractivity contribution < 1.29 is 4.74 Å². The molecule has 0 amide bonds. The fourth-order valence-electron chi connectivity index (χ4n) is 2.43. The van der Waals surface area contributed by atoms with Gasteiger partial charge in [-0.1, -0.05) is 25.1 Å². The van der Waals surface area contributed by atoms with Gasteiger partial charge in [-0.15, -0.1) is 0 Å². The van der Waals surface area contributed by atoms with Gasteiger partial charge >= 0.3 is 0 Å². The molecule has 1 aromatic heterocycles. The van der Waals surface area contributed by atoms with Crippen molar-refractivity contribution in [3.8, 4) is 5.75 Å². The largest absolute Gasteiger partial charge is 0.482 e. The minimum absolute atomic E-state index is 0.0681. The summed E-state index contributed by atoms with van der Waals surface area (Å²) >= 11 is 0. The number of aromatic amines is 1. The highest BCUT2D eigenvalue weighted by atomic mass is 16.5. The highest BCUT2D eigenvalue weighted by Crippen LogP contribution is 2.34. The van der Waals surface area contributed by atoms with Crippen LogP contribution in [0.3, 0.4) is 0 Å². The van der Waals surface area contributed by atoms with Gasteiger partial charge in [-0.25, -0.2) is 4.98 Å². The third-order valence-corrected chi connectivity index (χ3v) is 3.56. The lowest BCUT2D eigenvalue weighted by Gasteiger charge is -2.12. The lowest BCUT2D eigenvalue weighted by atomic mass is 10.1. The Balaban J connectivity index is 1.98. The van der Waals surface area contributed by atoms with Crippen LogP contribution in [-0.2, 0) is 12.8 Å². The van der Waals surface area contributed by atoms with Crippen molar-refractivity contribution >= 4 is 0 Å². The summed E-state index contributed by atoms with van der Waals surface area (Å²) in [6.45, 7) is 3.81. The molecule has 1 atom stereocenters. The normalized spacial score (nSPS) is 17.1. The molecule has 0 bridgehead atoms. The number of para-hydroxylation sites is 1. The number of nitrogens with zero attached hydrogens (tertiary/aromatic N) is 1. The maximum atomic E-state index is 11.9. The Hall–Kier alpha value is -2.10. The van der Waals surface area contributed by atoms with Crippen LogP contribution < -0.4 is 10.3 Å². The summed E-state index contributed by atoms with van der Waals surface area (Å²) in [7, 11) is 0. The van der Waals surface area contributed by atoms with E-state index >= 15 is 0 Å². The van der Waals surface area contributed by atoms with Gasteiger partial charge in [0.2, 0.25) is 0 Å². The van der Waals surface area contributed by atoms with Crippen LogP contribution in [0.25, 0.3) is 0 Å². The molecule has 4 nitrogen and oxygen atoms in total. The van der Waals surface area contributed by atoms with Crippen LogP contribution in [0, 0.1) is 6.92 Å². The van der Waals surface area contributed by atoms with Crippen molar-refractivity contribution in [1.82, 2.24) is 9.97 Å². The van der Waals surface area contributed by atoms with Crippen molar-refractivity contribution in [1.29, 1.82) is 0 Å². The molecule has 0 spiro atoms. The van der Waals surface area contributed by atoms with Gasteiger partial charge in [-0.3, -0.25) is 4.79 Å². The van der Waals surface area contributed by atoms with E-state index < -0.39 is 0 Å². The number of rotatable bonds is 2. The first-order chi connectivity index (χ1) is 9.19. The van der Waals surface area contributed by atoms with Gasteiger partial charge < -0.3 is 9.72 Å². The molecule has 0 saturated carbocycles. The summed E-state index contributed by atoms with van der Waals surface area (Å²) in [5.74, 6) is 1.51. The molecule has 0 fully saturated rings. The predicted molar refractivity (Wildman–Crippen MR) is 72.5 cm³/mol. The number of aromatic nitrogens is 2. The van der Waals surface area contributed by atoms with Gasteiger partial charge in [0, 0.05) is 12.0 Å². The van der Waals surface area contributed by atoms with E-state index in [0.29, 0.717) is 11.4 Å². The van der Waals surface area contributed by atoms with Gasteiger partial charge in [0.05, 0.1) is 5.69 Å². The third kappa shape index (κ3) is 2.03. The fraction of sp³-hybridized carbons (Fsp3) is 0.333. The molecule has 1 aliphatic heterocycles. The SMILES string of the molecule is CCc1nc(C2Cc3ccccc3O2)[nH]c(=O)c1C. The number of fused-ring (bicyclic) bond motifs is 1. The molecule has 3 rings (SSSR count). The van der Waals surface area contributed by atoms with Crippen LogP contribution in [0.15, 0.2) is 29.1 Å². The highest BCUT2D eigenvalue weighted by molar-refractivity contribution is 5.38. The Morgan fingerprint density at radius 1 is 1.42 bits per heavy atom. The van der Waals surface area contributed by atoms with E-state index in [1.165, 1.54) is 0 Å². The molecule has 0 saturated heterocycles. The zero-order valence-electron chi connectivity index (χ0n) is 11.1. The lowest BCUT2D eigenvalue weighted by Crippen LogP contribution is -2.21. The first-order valence-electron chi connectivity index (χ1n) is 6.53. The van der Waals surface area contributed by atoms with Gasteiger partial charge in [-0.2, -0.15) is 0 Å². The van der Waals surface area contributed by atoms with E-state index in [2.05, 4.69) is 9.97 Å². The Morgan fingerprint density at radius 2 is 2.21 bits per heavy atom. The standard InChI is InChI=1S/C15H16N2O2/c1-3-11-9(2)15(18)17-14(16-11)13-8-10-6-4-5-7-12(10)19-13/h4-7,13H,3,8H2,1-2H3,(H,16,17,18). The average molecular weight is 256 g/mol. The molecule has 1 aliphatic rings. The van der Waals surface area contributed by atoms with Crippen molar-refractivity contribution in [3.05, 3.63) is 57.3 Å². The fourth-order valence-corrected chi connectivity index (χ4v) is 2.43. The second kappa shape index (κ2) is 4.53. The molecule has 4 heteroatoms. The monoisotopic (exact) mass is 256 g/mol. The van der Waals surface area contributed by atoms with Crippen molar-refractivity contribution in [2.45, 2.75) is 32.8 Å². The maximum Gasteiger partial charge on any atom is 0.254 e. The Morgan fingerprint density at radius 3 is 2.95 bits per heavy atom. The first kappa shape index (κ1) is 12.0. The molecular formula is C15H16N2O2. The van der Waals surface area contributed by atoms with Crippen LogP contribution in [0.4, 0.5) is 0 Å². The van der Waals surface area contributed by atoms with Crippen molar-refractivity contribution in [2.24, 2.45) is 0 Å². The Kier molecular flexibility index (Phi) is 2.85. The van der Waals surface area contributed by atoms with Gasteiger partial charge in [0.15, 0.2) is 11.9 Å². The van der Waals surface area contributed by atoms with E-state index in [-0.39, 0.29) is 11.7 Å². The van der Waals surface area contributed by atoms with Crippen molar-refractivity contribution in [2.75, 3.05) is 0 Å². The first-order valence-corrected chi connectivity index (χ1v) is 6.53. The molecule has 98 valence electrons. The van der Waals surface area contributed by atoms with E-state index in [4.69, 9.17) is 4.74 Å². The Labute approximate surface area is 111 Å². The summed E-state index contributed by atoms with van der Waals surface area (Å²) in [4.78, 5) is 19.3. The summed E-state index contributed by atoms with van der Waals surface area (Å²) in [5, 5.41) is 0. The van der Waals surface area contributed by atoms with E-state index in [0.717, 1.165) is 29.8 Å². The minimum atomic E-state index is -0.184. The quantitative estimate of drug-likeness (QED) is 0.897. The number of hydrogen-bond donors (Lipinski definition) is 1. The number of hydrogen-bond acceptors (Lipinski definition) is 3. The summed E-state index contributed by atoms with van der Waals surface area (Å²) in [6, 6.07) is 7.93. The van der Waals surface area contributed by atoms with E-state index in [9.17, 15) is 4.79 Å². The van der Waals surface area contributed by atoms with Crippen molar-refractivity contribution in [3.63, 3.8) is 0 Å². The summed E-state index contributed by atoms with van der Waals surface area (Å²) in [6.07, 6.45) is 1.32. The molecule has 1 aromatic carbocycles. The Bertz CT molecular complexity index is 651. The third-order valence-electron chi connectivity index (χ3n) is 3.56. The van der Waals surface area contributed by atoms with Crippen LogP contribution >= 0.6 is 0 Å². The molecule has 1 unspecified atom stereocenters. The van der Waals surface area contributed by atoms with Crippen LogP contribution in [0.1, 0.15) is 35.7 Å². The van der Waals surface area contributed by atoms with Crippen LogP contribution in [0.2, 0.25) is 0 Å². The number of aryl methyl sites for hydroxylation is 1. The number of ether oxygens (including phenoxy) is 1. The van der Waals surface area contributed by atoms with Crippen LogP contribution in [-0.4, -0.2) is 9.97 Å². The number of nitrogens with one attached hydrogen (secondary N) is 1. The van der Waals surface area contributed by atoms with Crippen LogP contribution in [0.5, 0.6) is 5.75 Å². The second-order valence-electron chi connectivity index (χ2n) is 4.79. The van der Waals surface area contributed by atoms with Gasteiger partial charge in [0.25, 0.3) is 5.56 Å². The smallest absolute Gasteiger partial charge is 0.254 e. The highest BCUT2D eigenvalue weighted by Gasteiger charge is 2.26. The summed E-state index contributed by atoms with van der Waals surface area (Å²) < 4.78 is 5.85. The molecule has 19 heavy (non-hydrogen) atoms. The number of H-pyrrole nitrogens is 1. The van der Waals surface area contributed by atoms with E-state index in [1.807, 2.05) is 31.2 Å². The van der Waals surface area contributed by atoms with Gasteiger partial charge in [-0.05, 0) is 25.0 Å². The molecule has 0 aliphatic carbocycles. The zero-order valence-corrected chi connectivity index (χ0v) is 11.1. The maximum absolute atomic E-state index is 11.9. The van der Waals surface area contributed by atoms with Gasteiger partial charge in [0.1, 0.15) is 5.75 Å². The topological polar surface area (TPSA) is 55.0 Å². The minimum Gasteiger partial charge on any atom is -0.482 e. The lowest BCUT2D eigenvalue weighted by molar-refractivity contribution is 0.226. The second-order valence-corrected chi connectivity index (χ2v) is 4.79. The average Bonchev–Trinajstić information content (AvgIpc) is 2.85. The summed E-state index contributed by atoms with van der Waals surface area (Å²) in [5.41, 5.74) is 2.63. The predicted octanol–water partition coefficient (Wildman–Crippen LogP) is 2.32. The molecule has 2 aromatic rings. The molecule has 2 heterocycles. The molecule has 1 N–H and O–H groups in total. The molecule has 0 radical (unpaired) electrons. The molecular weight excluding hydrogens is 240 g/mol. The zero-order chi connectivity index (χ0) is 13.4. The number of benzene rings is 1. The van der Waals surface area contributed by atoms with E-state index in [1.54, 1.807) is 6.92 Å².